The first-order valence-corrected chi connectivity index (χ1v) is 8.12. The van der Waals surface area contributed by atoms with E-state index in [2.05, 4.69) is 29.8 Å². The Hall–Kier alpha value is -1.20. The zero-order chi connectivity index (χ0) is 16.3. The molecular weight excluding hydrogens is 346 g/mol. The van der Waals surface area contributed by atoms with Crippen molar-refractivity contribution in [3.8, 4) is 0 Å². The summed E-state index contributed by atoms with van der Waals surface area (Å²) in [5.74, 6) is -0.789. The topological polar surface area (TPSA) is 47.9 Å². The summed E-state index contributed by atoms with van der Waals surface area (Å²) in [5.41, 5.74) is 1.69. The quantitative estimate of drug-likeness (QED) is 0.590. The smallest absolute Gasteiger partial charge is 0.318 e. The Morgan fingerprint density at radius 1 is 1.41 bits per heavy atom. The fraction of sp³-hybridized carbons (Fsp3) is 0.529. The van der Waals surface area contributed by atoms with Gasteiger partial charge in [0.2, 0.25) is 0 Å². The summed E-state index contributed by atoms with van der Waals surface area (Å²) >= 11 is 3.51. The molecule has 1 saturated heterocycles. The summed E-state index contributed by atoms with van der Waals surface area (Å²) < 4.78 is 11.2. The van der Waals surface area contributed by atoms with E-state index in [-0.39, 0.29) is 17.4 Å². The van der Waals surface area contributed by atoms with Crippen LogP contribution in [-0.4, -0.2) is 38.0 Å². The fourth-order valence-electron chi connectivity index (χ4n) is 2.55. The molecular formula is C17H22BrNO3. The van der Waals surface area contributed by atoms with Crippen LogP contribution >= 0.6 is 15.9 Å². The van der Waals surface area contributed by atoms with E-state index in [1.54, 1.807) is 0 Å². The van der Waals surface area contributed by atoms with Gasteiger partial charge in [-0.3, -0.25) is 9.79 Å². The second kappa shape index (κ2) is 6.92. The van der Waals surface area contributed by atoms with Gasteiger partial charge in [0.15, 0.2) is 0 Å². The van der Waals surface area contributed by atoms with E-state index in [1.165, 1.54) is 7.11 Å². The van der Waals surface area contributed by atoms with Gasteiger partial charge in [-0.15, -0.1) is 0 Å². The van der Waals surface area contributed by atoms with Crippen LogP contribution in [0.25, 0.3) is 0 Å². The van der Waals surface area contributed by atoms with Crippen molar-refractivity contribution in [1.82, 2.24) is 0 Å². The van der Waals surface area contributed by atoms with Crippen molar-refractivity contribution in [2.24, 2.45) is 10.4 Å². The molecule has 1 heterocycles. The summed E-state index contributed by atoms with van der Waals surface area (Å²) in [6.45, 7) is 7.54. The Balaban J connectivity index is 2.33. The van der Waals surface area contributed by atoms with Gasteiger partial charge in [0, 0.05) is 15.6 Å². The second-order valence-electron chi connectivity index (χ2n) is 6.07. The zero-order valence-electron chi connectivity index (χ0n) is 13.4. The number of nitrogens with zero attached hydrogens (tertiary/aromatic N) is 1. The van der Waals surface area contributed by atoms with Crippen molar-refractivity contribution in [1.29, 1.82) is 0 Å². The van der Waals surface area contributed by atoms with Crippen LogP contribution in [-0.2, 0) is 14.3 Å². The van der Waals surface area contributed by atoms with Gasteiger partial charge in [-0.2, -0.15) is 0 Å². The van der Waals surface area contributed by atoms with Gasteiger partial charge < -0.3 is 9.47 Å². The third-order valence-electron chi connectivity index (χ3n) is 4.34. The van der Waals surface area contributed by atoms with E-state index in [1.807, 2.05) is 31.2 Å². The zero-order valence-corrected chi connectivity index (χ0v) is 15.0. The predicted octanol–water partition coefficient (Wildman–Crippen LogP) is 3.59. The third-order valence-corrected chi connectivity index (χ3v) is 5.06. The van der Waals surface area contributed by atoms with Crippen LogP contribution in [0.5, 0.6) is 0 Å². The minimum atomic E-state index is -0.493. The Morgan fingerprint density at radius 2 is 2.05 bits per heavy atom. The van der Waals surface area contributed by atoms with Gasteiger partial charge in [0.1, 0.15) is 5.92 Å². The number of halogens is 1. The van der Waals surface area contributed by atoms with E-state index in [9.17, 15) is 4.79 Å². The molecule has 5 heteroatoms. The highest BCUT2D eigenvalue weighted by molar-refractivity contribution is 9.10. The predicted molar refractivity (Wildman–Crippen MR) is 90.4 cm³/mol. The molecule has 0 spiro atoms. The summed E-state index contributed by atoms with van der Waals surface area (Å²) in [5, 5.41) is 0. The highest BCUT2D eigenvalue weighted by Crippen LogP contribution is 2.34. The fourth-order valence-corrected chi connectivity index (χ4v) is 3.06. The third kappa shape index (κ3) is 3.41. The number of carbonyl (C=O) groups excluding carboxylic acids is 1. The molecule has 1 aromatic rings. The van der Waals surface area contributed by atoms with Crippen LogP contribution in [0.1, 0.15) is 32.3 Å². The number of esters is 1. The van der Waals surface area contributed by atoms with E-state index >= 15 is 0 Å². The van der Waals surface area contributed by atoms with E-state index < -0.39 is 5.92 Å². The van der Waals surface area contributed by atoms with Crippen molar-refractivity contribution < 1.29 is 14.3 Å². The summed E-state index contributed by atoms with van der Waals surface area (Å²) in [4.78, 5) is 17.0. The maximum absolute atomic E-state index is 12.3. The monoisotopic (exact) mass is 367 g/mol. The maximum atomic E-state index is 12.3. The minimum absolute atomic E-state index is 0.0514. The molecule has 0 bridgehead atoms. The van der Waals surface area contributed by atoms with Crippen molar-refractivity contribution >= 4 is 27.6 Å². The van der Waals surface area contributed by atoms with Gasteiger partial charge in [0.25, 0.3) is 0 Å². The largest absolute Gasteiger partial charge is 0.468 e. The first kappa shape index (κ1) is 17.2. The molecule has 0 saturated carbocycles. The van der Waals surface area contributed by atoms with Gasteiger partial charge in [-0.1, -0.05) is 41.1 Å². The average molecular weight is 368 g/mol. The molecule has 2 atom stereocenters. The van der Waals surface area contributed by atoms with E-state index in [0.29, 0.717) is 13.2 Å². The molecule has 0 amide bonds. The summed E-state index contributed by atoms with van der Waals surface area (Å²) in [6.07, 6.45) is 0. The first-order chi connectivity index (χ1) is 10.4. The summed E-state index contributed by atoms with van der Waals surface area (Å²) in [6, 6.07) is 7.76. The molecule has 1 aliphatic heterocycles. The molecule has 0 N–H and O–H groups in total. The van der Waals surface area contributed by atoms with E-state index in [4.69, 9.17) is 14.5 Å². The lowest BCUT2D eigenvalue weighted by Crippen LogP contribution is -2.47. The molecule has 120 valence electrons. The number of ether oxygens (including phenoxy) is 2. The average Bonchev–Trinajstić information content (AvgIpc) is 2.46. The molecule has 0 aliphatic carbocycles. The second-order valence-corrected chi connectivity index (χ2v) is 6.93. The Morgan fingerprint density at radius 3 is 2.55 bits per heavy atom. The number of carbonyl (C=O) groups is 1. The highest BCUT2D eigenvalue weighted by atomic mass is 79.9. The van der Waals surface area contributed by atoms with Crippen molar-refractivity contribution in [3.63, 3.8) is 0 Å². The maximum Gasteiger partial charge on any atom is 0.318 e. The molecule has 22 heavy (non-hydrogen) atoms. The van der Waals surface area contributed by atoms with Crippen LogP contribution in [0.15, 0.2) is 33.7 Å². The number of benzene rings is 1. The van der Waals surface area contributed by atoms with Gasteiger partial charge in [-0.05, 0) is 25.5 Å². The van der Waals surface area contributed by atoms with Crippen LogP contribution < -0.4 is 0 Å². The van der Waals surface area contributed by atoms with Crippen LogP contribution in [0, 0.1) is 5.41 Å². The Kier molecular flexibility index (Phi) is 5.40. The molecule has 0 aromatic heterocycles. The van der Waals surface area contributed by atoms with Crippen molar-refractivity contribution in [3.05, 3.63) is 34.3 Å². The van der Waals surface area contributed by atoms with Crippen molar-refractivity contribution in [2.75, 3.05) is 20.3 Å². The Labute approximate surface area is 140 Å². The van der Waals surface area contributed by atoms with Crippen LogP contribution in [0.2, 0.25) is 0 Å². The normalized spacial score (nSPS) is 20.0. The number of rotatable bonds is 5. The molecule has 4 nitrogen and oxygen atoms in total. The molecule has 1 aromatic carbocycles. The van der Waals surface area contributed by atoms with Gasteiger partial charge in [0.05, 0.1) is 26.4 Å². The molecule has 2 unspecified atom stereocenters. The van der Waals surface area contributed by atoms with Gasteiger partial charge in [-0.25, -0.2) is 0 Å². The Bertz CT molecular complexity index is 581. The molecule has 1 aliphatic rings. The van der Waals surface area contributed by atoms with Gasteiger partial charge >= 0.3 is 5.97 Å². The van der Waals surface area contributed by atoms with Crippen molar-refractivity contribution in [2.45, 2.75) is 32.7 Å². The molecule has 1 fully saturated rings. The SMILES string of the molecule is COC(=O)C(C(C)=NC(C)C1(C)COC1)c1ccccc1Br. The number of methoxy groups -OCH3 is 1. The lowest BCUT2D eigenvalue weighted by atomic mass is 9.81. The lowest BCUT2D eigenvalue weighted by Gasteiger charge is -2.41. The lowest BCUT2D eigenvalue weighted by molar-refractivity contribution is -0.140. The molecule has 0 radical (unpaired) electrons. The minimum Gasteiger partial charge on any atom is -0.468 e. The summed E-state index contributed by atoms with van der Waals surface area (Å²) in [7, 11) is 1.41. The number of hydrogen-bond donors (Lipinski definition) is 0. The standard InChI is InChI=1S/C17H22BrNO3/c1-11(19-12(2)17(3)9-22-10-17)15(16(20)21-4)13-7-5-6-8-14(13)18/h5-8,12,15H,9-10H2,1-4H3. The van der Waals surface area contributed by atoms with E-state index in [0.717, 1.165) is 15.7 Å². The first-order valence-electron chi connectivity index (χ1n) is 7.33. The van der Waals surface area contributed by atoms with Crippen LogP contribution in [0.4, 0.5) is 0 Å². The number of hydrogen-bond acceptors (Lipinski definition) is 4. The number of aliphatic imine (C=N–C) groups is 1. The van der Waals surface area contributed by atoms with Crippen LogP contribution in [0.3, 0.4) is 0 Å². The highest BCUT2D eigenvalue weighted by Gasteiger charge is 2.39. The molecule has 2 rings (SSSR count).